The van der Waals surface area contributed by atoms with Crippen LogP contribution in [0.4, 0.5) is 0 Å². The predicted octanol–water partition coefficient (Wildman–Crippen LogP) is 5.18. The van der Waals surface area contributed by atoms with Crippen molar-refractivity contribution in [2.75, 3.05) is 0 Å². The van der Waals surface area contributed by atoms with Crippen molar-refractivity contribution in [2.45, 2.75) is 46.1 Å². The van der Waals surface area contributed by atoms with Crippen LogP contribution >= 0.6 is 23.2 Å². The minimum atomic E-state index is -0.157. The summed E-state index contributed by atoms with van der Waals surface area (Å²) in [6, 6.07) is 5.35. The van der Waals surface area contributed by atoms with Crippen LogP contribution in [0, 0.1) is 17.8 Å². The van der Waals surface area contributed by atoms with Gasteiger partial charge in [0.2, 0.25) is 0 Å². The molecule has 1 fully saturated rings. The molecule has 0 unspecified atom stereocenters. The van der Waals surface area contributed by atoms with Crippen LogP contribution in [0.25, 0.3) is 0 Å². The number of carbonyl (C=O) groups is 1. The van der Waals surface area contributed by atoms with Crippen LogP contribution in [0.3, 0.4) is 0 Å². The molecule has 1 aliphatic carbocycles. The van der Waals surface area contributed by atoms with Gasteiger partial charge in [-0.3, -0.25) is 4.79 Å². The highest BCUT2D eigenvalue weighted by atomic mass is 35.5. The second-order valence-corrected chi connectivity index (χ2v) is 7.32. The monoisotopic (exact) mass is 327 g/mol. The summed E-state index contributed by atoms with van der Waals surface area (Å²) in [5, 5.41) is 3.99. The van der Waals surface area contributed by atoms with Gasteiger partial charge in [-0.1, -0.05) is 56.5 Å². The van der Waals surface area contributed by atoms with Gasteiger partial charge in [-0.2, -0.15) is 0 Å². The van der Waals surface area contributed by atoms with Gasteiger partial charge in [-0.05, 0) is 42.7 Å². The van der Waals surface area contributed by atoms with Gasteiger partial charge in [-0.15, -0.1) is 0 Å². The van der Waals surface area contributed by atoms with Crippen molar-refractivity contribution in [1.29, 1.82) is 0 Å². The fraction of sp³-hybridized carbons (Fsp3) is 0.588. The lowest BCUT2D eigenvalue weighted by Crippen LogP contribution is -2.45. The minimum Gasteiger partial charge on any atom is -0.349 e. The molecule has 2 rings (SSSR count). The number of hydrogen-bond acceptors (Lipinski definition) is 1. The van der Waals surface area contributed by atoms with Crippen molar-refractivity contribution in [3.63, 3.8) is 0 Å². The van der Waals surface area contributed by atoms with Gasteiger partial charge in [0, 0.05) is 6.04 Å². The normalized spacial score (nSPS) is 25.9. The second-order valence-electron chi connectivity index (χ2n) is 6.50. The van der Waals surface area contributed by atoms with Crippen molar-refractivity contribution in [2.24, 2.45) is 17.8 Å². The van der Waals surface area contributed by atoms with Gasteiger partial charge in [0.1, 0.15) is 0 Å². The van der Waals surface area contributed by atoms with Crippen LogP contribution in [0.2, 0.25) is 10.0 Å². The molecule has 1 aromatic carbocycles. The summed E-state index contributed by atoms with van der Waals surface area (Å²) < 4.78 is 0. The molecule has 1 aliphatic rings. The Morgan fingerprint density at radius 2 is 1.86 bits per heavy atom. The van der Waals surface area contributed by atoms with Crippen LogP contribution in [-0.4, -0.2) is 11.9 Å². The first kappa shape index (κ1) is 16.6. The molecule has 1 aromatic rings. The SMILES string of the molecule is CC(C)[C@H]1CC[C@@H](C)C[C@@H]1NC(=O)c1c(Cl)cccc1Cl. The van der Waals surface area contributed by atoms with Crippen LogP contribution < -0.4 is 5.32 Å². The maximum atomic E-state index is 12.5. The van der Waals surface area contributed by atoms with Crippen molar-refractivity contribution >= 4 is 29.1 Å². The van der Waals surface area contributed by atoms with Crippen LogP contribution in [0.1, 0.15) is 50.4 Å². The molecule has 1 saturated carbocycles. The van der Waals surface area contributed by atoms with Crippen molar-refractivity contribution in [3.8, 4) is 0 Å². The predicted molar refractivity (Wildman–Crippen MR) is 89.1 cm³/mol. The summed E-state index contributed by atoms with van der Waals surface area (Å²) >= 11 is 12.2. The highest BCUT2D eigenvalue weighted by Gasteiger charge is 2.32. The maximum absolute atomic E-state index is 12.5. The third-order valence-electron chi connectivity index (χ3n) is 4.53. The topological polar surface area (TPSA) is 29.1 Å². The third-order valence-corrected chi connectivity index (χ3v) is 5.16. The molecule has 1 amide bonds. The van der Waals surface area contributed by atoms with Crippen molar-refractivity contribution in [3.05, 3.63) is 33.8 Å². The zero-order chi connectivity index (χ0) is 15.6. The lowest BCUT2D eigenvalue weighted by molar-refractivity contribution is 0.0868. The van der Waals surface area contributed by atoms with Gasteiger partial charge >= 0.3 is 0 Å². The molecule has 1 N–H and O–H groups in total. The number of benzene rings is 1. The van der Waals surface area contributed by atoms with E-state index in [1.165, 1.54) is 12.8 Å². The highest BCUT2D eigenvalue weighted by molar-refractivity contribution is 6.39. The summed E-state index contributed by atoms with van der Waals surface area (Å²) in [6.07, 6.45) is 3.43. The van der Waals surface area contributed by atoms with Crippen LogP contribution in [0.5, 0.6) is 0 Å². The smallest absolute Gasteiger partial charge is 0.254 e. The molecular weight excluding hydrogens is 305 g/mol. The second kappa shape index (κ2) is 7.02. The van der Waals surface area contributed by atoms with Crippen LogP contribution in [-0.2, 0) is 0 Å². The Morgan fingerprint density at radius 1 is 1.24 bits per heavy atom. The fourth-order valence-electron chi connectivity index (χ4n) is 3.32. The number of amides is 1. The number of halogens is 2. The molecule has 0 heterocycles. The average molecular weight is 328 g/mol. The number of nitrogens with one attached hydrogen (secondary N) is 1. The Hall–Kier alpha value is -0.730. The van der Waals surface area contributed by atoms with E-state index in [1.54, 1.807) is 18.2 Å². The van der Waals surface area contributed by atoms with E-state index in [1.807, 2.05) is 0 Å². The van der Waals surface area contributed by atoms with E-state index in [9.17, 15) is 4.79 Å². The Balaban J connectivity index is 2.17. The first-order valence-corrected chi connectivity index (χ1v) is 8.40. The Bertz CT molecular complexity index is 495. The molecule has 0 spiro atoms. The lowest BCUT2D eigenvalue weighted by atomic mass is 9.74. The lowest BCUT2D eigenvalue weighted by Gasteiger charge is -2.37. The standard InChI is InChI=1S/C17H23Cl2NO/c1-10(2)12-8-7-11(3)9-15(12)20-17(21)16-13(18)5-4-6-14(16)19/h4-6,10-12,15H,7-9H2,1-3H3,(H,20,21)/t11-,12-,15+/m1/s1. The van der Waals surface area contributed by atoms with E-state index in [-0.39, 0.29) is 11.9 Å². The largest absolute Gasteiger partial charge is 0.349 e. The molecule has 0 bridgehead atoms. The van der Waals surface area contributed by atoms with E-state index in [2.05, 4.69) is 26.1 Å². The third kappa shape index (κ3) is 3.92. The summed E-state index contributed by atoms with van der Waals surface area (Å²) in [4.78, 5) is 12.5. The zero-order valence-corrected chi connectivity index (χ0v) is 14.3. The van der Waals surface area contributed by atoms with E-state index in [4.69, 9.17) is 23.2 Å². The van der Waals surface area contributed by atoms with Gasteiger partial charge in [0.25, 0.3) is 5.91 Å². The molecule has 116 valence electrons. The minimum absolute atomic E-state index is 0.157. The number of rotatable bonds is 3. The Kier molecular flexibility index (Phi) is 5.56. The molecule has 0 aliphatic heterocycles. The molecule has 0 aromatic heterocycles. The van der Waals surface area contributed by atoms with Crippen LogP contribution in [0.15, 0.2) is 18.2 Å². The fourth-order valence-corrected chi connectivity index (χ4v) is 3.89. The quantitative estimate of drug-likeness (QED) is 0.813. The van der Waals surface area contributed by atoms with E-state index in [0.717, 1.165) is 6.42 Å². The molecule has 2 nitrogen and oxygen atoms in total. The molecule has 21 heavy (non-hydrogen) atoms. The van der Waals surface area contributed by atoms with E-state index >= 15 is 0 Å². The highest BCUT2D eigenvalue weighted by Crippen LogP contribution is 2.34. The van der Waals surface area contributed by atoms with Gasteiger partial charge in [0.05, 0.1) is 15.6 Å². The van der Waals surface area contributed by atoms with E-state index < -0.39 is 0 Å². The Morgan fingerprint density at radius 3 is 2.43 bits per heavy atom. The van der Waals surface area contributed by atoms with Gasteiger partial charge in [0.15, 0.2) is 0 Å². The summed E-state index contributed by atoms with van der Waals surface area (Å²) in [7, 11) is 0. The number of carbonyl (C=O) groups excluding carboxylic acids is 1. The first-order valence-electron chi connectivity index (χ1n) is 7.65. The summed E-state index contributed by atoms with van der Waals surface area (Å²) in [5.74, 6) is 1.57. The molecule has 0 radical (unpaired) electrons. The molecular formula is C17H23Cl2NO. The summed E-state index contributed by atoms with van der Waals surface area (Å²) in [6.45, 7) is 6.70. The molecule has 0 saturated heterocycles. The van der Waals surface area contributed by atoms with Gasteiger partial charge < -0.3 is 5.32 Å². The molecule has 3 atom stereocenters. The van der Waals surface area contributed by atoms with Crippen molar-refractivity contribution < 1.29 is 4.79 Å². The van der Waals surface area contributed by atoms with Crippen molar-refractivity contribution in [1.82, 2.24) is 5.32 Å². The Labute approximate surface area is 137 Å². The first-order chi connectivity index (χ1) is 9.90. The number of hydrogen-bond donors (Lipinski definition) is 1. The van der Waals surface area contributed by atoms with E-state index in [0.29, 0.717) is 33.4 Å². The van der Waals surface area contributed by atoms with Gasteiger partial charge in [-0.25, -0.2) is 0 Å². The average Bonchev–Trinajstić information content (AvgIpc) is 2.38. The molecule has 4 heteroatoms. The summed E-state index contributed by atoms with van der Waals surface area (Å²) in [5.41, 5.74) is 0.390. The maximum Gasteiger partial charge on any atom is 0.254 e. The zero-order valence-electron chi connectivity index (χ0n) is 12.8.